The van der Waals surface area contributed by atoms with E-state index in [0.29, 0.717) is 29.5 Å². The van der Waals surface area contributed by atoms with Crippen molar-refractivity contribution >= 4 is 37.4 Å². The number of urea groups is 1. The van der Waals surface area contributed by atoms with Gasteiger partial charge >= 0.3 is 24.3 Å². The minimum atomic E-state index is -5.55. The SMILES string of the molecule is CC1=C(C#N)[C@@H](c2ccc(C#N)cc2[S@](C)(=O)=NC(=O)C(F)(F)F)N(S(C)(=O)=O)C(=O)N1c1cccc(C(F)(F)F)c1. The van der Waals surface area contributed by atoms with E-state index in [0.717, 1.165) is 37.3 Å². The molecule has 0 bridgehead atoms. The molecule has 10 nitrogen and oxygen atoms in total. The molecule has 0 unspecified atom stereocenters. The van der Waals surface area contributed by atoms with Crippen LogP contribution in [0.2, 0.25) is 0 Å². The summed E-state index contributed by atoms with van der Waals surface area (Å²) in [5.74, 6) is -2.76. The van der Waals surface area contributed by atoms with E-state index in [9.17, 15) is 59.1 Å². The van der Waals surface area contributed by atoms with Crippen LogP contribution < -0.4 is 4.90 Å². The molecule has 18 heteroatoms. The number of anilines is 1. The lowest BCUT2D eigenvalue weighted by Gasteiger charge is -2.40. The van der Waals surface area contributed by atoms with Crippen molar-refractivity contribution in [2.75, 3.05) is 17.4 Å². The first-order chi connectivity index (χ1) is 19.1. The number of hydrogen-bond donors (Lipinski definition) is 0. The molecule has 1 aliphatic rings. The van der Waals surface area contributed by atoms with Gasteiger partial charge in [-0.15, -0.1) is 4.36 Å². The van der Waals surface area contributed by atoms with Crippen molar-refractivity contribution in [2.45, 2.75) is 30.2 Å². The van der Waals surface area contributed by atoms with Crippen molar-refractivity contribution in [2.24, 2.45) is 4.36 Å². The molecule has 1 aliphatic heterocycles. The molecular formula is C24H17F6N5O5S2. The summed E-state index contributed by atoms with van der Waals surface area (Å²) < 4.78 is 121. The predicted molar refractivity (Wildman–Crippen MR) is 134 cm³/mol. The summed E-state index contributed by atoms with van der Waals surface area (Å²) in [5, 5.41) is 19.4. The Bertz CT molecular complexity index is 1850. The summed E-state index contributed by atoms with van der Waals surface area (Å²) in [7, 11) is -9.17. The van der Waals surface area contributed by atoms with E-state index in [1.807, 2.05) is 0 Å². The van der Waals surface area contributed by atoms with Crippen molar-refractivity contribution < 1.29 is 48.6 Å². The lowest BCUT2D eigenvalue weighted by atomic mass is 9.94. The highest BCUT2D eigenvalue weighted by molar-refractivity contribution is 7.93. The largest absolute Gasteiger partial charge is 0.474 e. The standard InChI is InChI=1S/C24H17F6N5O5S2/c1-13-18(12-32)20(17-8-7-14(11-31)9-19(17)41(2,38)33-21(36)24(28,29)30)35(42(3,39)40)22(37)34(13)16-6-4-5-15(10-16)23(25,26)27/h4-10,20H,1-3H3/t20-,41+/m1/s1. The second-order valence-electron chi connectivity index (χ2n) is 8.80. The van der Waals surface area contributed by atoms with Crippen LogP contribution in [0, 0.1) is 22.7 Å². The Hall–Kier alpha value is -4.42. The monoisotopic (exact) mass is 633 g/mol. The molecule has 42 heavy (non-hydrogen) atoms. The maximum atomic E-state index is 13.7. The number of halogens is 6. The van der Waals surface area contributed by atoms with Crippen molar-refractivity contribution in [3.8, 4) is 12.1 Å². The maximum Gasteiger partial charge on any atom is 0.474 e. The third-order valence-electron chi connectivity index (χ3n) is 5.87. The Balaban J connectivity index is 2.44. The fraction of sp³-hybridized carbons (Fsp3) is 0.250. The Kier molecular flexibility index (Phi) is 8.23. The first-order valence-electron chi connectivity index (χ1n) is 11.1. The number of nitrogens with zero attached hydrogens (tertiary/aromatic N) is 5. The molecule has 3 rings (SSSR count). The number of rotatable bonds is 4. The number of hydrogen-bond acceptors (Lipinski definition) is 7. The third-order valence-corrected chi connectivity index (χ3v) is 8.63. The van der Waals surface area contributed by atoms with Crippen LogP contribution in [0.3, 0.4) is 0 Å². The van der Waals surface area contributed by atoms with E-state index < -0.39 is 77.4 Å². The van der Waals surface area contributed by atoms with E-state index in [1.165, 1.54) is 0 Å². The first-order valence-corrected chi connectivity index (χ1v) is 14.9. The molecule has 2 atom stereocenters. The van der Waals surface area contributed by atoms with Crippen molar-refractivity contribution in [3.05, 3.63) is 70.4 Å². The van der Waals surface area contributed by atoms with E-state index in [-0.39, 0.29) is 15.6 Å². The molecular weight excluding hydrogens is 616 g/mol. The molecule has 0 radical (unpaired) electrons. The summed E-state index contributed by atoms with van der Waals surface area (Å²) in [4.78, 5) is 25.0. The molecule has 2 aromatic carbocycles. The fourth-order valence-corrected chi connectivity index (χ4v) is 6.54. The Labute approximate surface area is 235 Å². The van der Waals surface area contributed by atoms with Crippen LogP contribution in [0.5, 0.6) is 0 Å². The smallest absolute Gasteiger partial charge is 0.265 e. The molecule has 0 aliphatic carbocycles. The Morgan fingerprint density at radius 2 is 1.60 bits per heavy atom. The predicted octanol–water partition coefficient (Wildman–Crippen LogP) is 4.86. The van der Waals surface area contributed by atoms with Crippen LogP contribution >= 0.6 is 0 Å². The zero-order chi connectivity index (χ0) is 32.0. The Morgan fingerprint density at radius 1 is 0.976 bits per heavy atom. The van der Waals surface area contributed by atoms with Crippen LogP contribution in [0.4, 0.5) is 36.8 Å². The number of alkyl halides is 6. The maximum absolute atomic E-state index is 13.7. The highest BCUT2D eigenvalue weighted by Crippen LogP contribution is 2.43. The van der Waals surface area contributed by atoms with Gasteiger partial charge in [0.25, 0.3) is 0 Å². The summed E-state index contributed by atoms with van der Waals surface area (Å²) in [6, 6.07) is 5.69. The summed E-state index contributed by atoms with van der Waals surface area (Å²) >= 11 is 0. The van der Waals surface area contributed by atoms with Gasteiger partial charge in [-0.1, -0.05) is 12.1 Å². The van der Waals surface area contributed by atoms with Crippen LogP contribution in [-0.2, 0) is 30.7 Å². The lowest BCUT2D eigenvalue weighted by molar-refractivity contribution is -0.169. The lowest BCUT2D eigenvalue weighted by Crippen LogP contribution is -2.51. The number of carbonyl (C=O) groups is 2. The second kappa shape index (κ2) is 10.8. The molecule has 3 amide bonds. The van der Waals surface area contributed by atoms with Gasteiger partial charge in [-0.25, -0.2) is 21.7 Å². The van der Waals surface area contributed by atoms with E-state index >= 15 is 0 Å². The molecule has 0 aromatic heterocycles. The minimum Gasteiger partial charge on any atom is -0.265 e. The Morgan fingerprint density at radius 3 is 2.10 bits per heavy atom. The van der Waals surface area contributed by atoms with Crippen molar-refractivity contribution in [1.82, 2.24) is 4.31 Å². The minimum absolute atomic E-state index is 0.0742. The quantitative estimate of drug-likeness (QED) is 0.436. The molecule has 0 fully saturated rings. The average molecular weight is 634 g/mol. The molecule has 0 saturated carbocycles. The zero-order valence-electron chi connectivity index (χ0n) is 21.5. The van der Waals surface area contributed by atoms with E-state index in [2.05, 4.69) is 4.36 Å². The van der Waals surface area contributed by atoms with Gasteiger partial charge in [-0.2, -0.15) is 36.9 Å². The van der Waals surface area contributed by atoms with Crippen LogP contribution in [0.25, 0.3) is 0 Å². The van der Waals surface area contributed by atoms with Gasteiger partial charge in [-0.3, -0.25) is 9.69 Å². The molecule has 1 heterocycles. The first kappa shape index (κ1) is 32.1. The van der Waals surface area contributed by atoms with Gasteiger partial charge in [0.2, 0.25) is 10.0 Å². The highest BCUT2D eigenvalue weighted by atomic mass is 32.2. The molecule has 222 valence electrons. The van der Waals surface area contributed by atoms with Crippen LogP contribution in [-0.4, -0.2) is 47.6 Å². The van der Waals surface area contributed by atoms with E-state index in [4.69, 9.17) is 0 Å². The second-order valence-corrected chi connectivity index (χ2v) is 12.9. The molecule has 2 aromatic rings. The number of sulfonamides is 1. The summed E-state index contributed by atoms with van der Waals surface area (Å²) in [6.45, 7) is 1.10. The van der Waals surface area contributed by atoms with Crippen LogP contribution in [0.1, 0.15) is 29.7 Å². The van der Waals surface area contributed by atoms with Gasteiger partial charge in [0, 0.05) is 12.0 Å². The zero-order valence-corrected chi connectivity index (χ0v) is 23.1. The highest BCUT2D eigenvalue weighted by Gasteiger charge is 2.47. The average Bonchev–Trinajstić information content (AvgIpc) is 2.86. The van der Waals surface area contributed by atoms with Gasteiger partial charge in [-0.05, 0) is 42.8 Å². The van der Waals surface area contributed by atoms with Crippen molar-refractivity contribution in [3.63, 3.8) is 0 Å². The number of benzene rings is 2. The van der Waals surface area contributed by atoms with Crippen LogP contribution in [0.15, 0.2) is 63.0 Å². The number of allylic oxidation sites excluding steroid dienone is 1. The van der Waals surface area contributed by atoms with E-state index in [1.54, 1.807) is 12.1 Å². The van der Waals surface area contributed by atoms with Crippen molar-refractivity contribution in [1.29, 1.82) is 10.5 Å². The molecule has 0 saturated heterocycles. The van der Waals surface area contributed by atoms with Gasteiger partial charge in [0.1, 0.15) is 6.04 Å². The topological polar surface area (TPSA) is 152 Å². The number of carbonyl (C=O) groups excluding carboxylic acids is 2. The van der Waals surface area contributed by atoms with Gasteiger partial charge < -0.3 is 0 Å². The van der Waals surface area contributed by atoms with Gasteiger partial charge in [0.15, 0.2) is 0 Å². The fourth-order valence-electron chi connectivity index (χ4n) is 4.09. The van der Waals surface area contributed by atoms with Gasteiger partial charge in [0.05, 0.1) is 55.4 Å². The summed E-state index contributed by atoms with van der Waals surface area (Å²) in [5.41, 5.74) is -3.50. The normalized spacial score (nSPS) is 17.8. The molecule has 0 N–H and O–H groups in total. The third kappa shape index (κ3) is 6.09. The number of nitriles is 2. The summed E-state index contributed by atoms with van der Waals surface area (Å²) in [6.07, 6.45) is -9.30. The number of amides is 3. The molecule has 0 spiro atoms.